The van der Waals surface area contributed by atoms with Crippen molar-refractivity contribution in [2.24, 2.45) is 0 Å². The zero-order valence-corrected chi connectivity index (χ0v) is 20.0. The minimum absolute atomic E-state index is 0.220. The van der Waals surface area contributed by atoms with Gasteiger partial charge in [0.25, 0.3) is 0 Å². The molecule has 2 aromatic rings. The van der Waals surface area contributed by atoms with Crippen LogP contribution in [-0.2, 0) is 10.8 Å². The van der Waals surface area contributed by atoms with Gasteiger partial charge in [-0.3, -0.25) is 0 Å². The minimum atomic E-state index is 0.220. The van der Waals surface area contributed by atoms with Crippen molar-refractivity contribution in [3.63, 3.8) is 0 Å². The molecule has 2 aromatic carbocycles. The molecule has 0 aliphatic heterocycles. The summed E-state index contributed by atoms with van der Waals surface area (Å²) in [5, 5.41) is 3.04. The van der Waals surface area contributed by atoms with E-state index in [9.17, 15) is 0 Å². The first-order valence-electron chi connectivity index (χ1n) is 10.2. The number of hydrogen-bond donors (Lipinski definition) is 1. The molecule has 0 bridgehead atoms. The van der Waals surface area contributed by atoms with E-state index in [0.717, 1.165) is 17.0 Å². The van der Waals surface area contributed by atoms with Crippen molar-refractivity contribution >= 4 is 11.4 Å². The highest BCUT2D eigenvalue weighted by Crippen LogP contribution is 2.24. The fraction of sp³-hybridized carbons (Fsp3) is 0.407. The zero-order chi connectivity index (χ0) is 22.4. The van der Waals surface area contributed by atoms with E-state index >= 15 is 0 Å². The summed E-state index contributed by atoms with van der Waals surface area (Å²) in [6.45, 7) is 21.3. The Morgan fingerprint density at radius 1 is 0.690 bits per heavy atom. The molecule has 1 N–H and O–H groups in total. The number of nitrogens with one attached hydrogen (secondary N) is 1. The van der Waals surface area contributed by atoms with Crippen LogP contribution >= 0.6 is 0 Å². The second kappa shape index (κ2) is 9.82. The Morgan fingerprint density at radius 2 is 1.03 bits per heavy atom. The van der Waals surface area contributed by atoms with Gasteiger partial charge in [0.15, 0.2) is 0 Å². The average Bonchev–Trinajstić information content (AvgIpc) is 2.66. The molecule has 0 atom stereocenters. The van der Waals surface area contributed by atoms with Crippen LogP contribution in [0, 0.1) is 0 Å². The lowest BCUT2D eigenvalue weighted by atomic mass is 9.86. The normalized spacial score (nSPS) is 11.2. The molecule has 0 aliphatic carbocycles. The molecular formula is C27H40N2. The molecule has 2 nitrogen and oxygen atoms in total. The molecule has 2 rings (SSSR count). The zero-order valence-electron chi connectivity index (χ0n) is 20.0. The van der Waals surface area contributed by atoms with Crippen LogP contribution in [0.1, 0.15) is 63.8 Å². The lowest BCUT2D eigenvalue weighted by Crippen LogP contribution is -2.12. The van der Waals surface area contributed by atoms with Gasteiger partial charge in [0.1, 0.15) is 0 Å². The van der Waals surface area contributed by atoms with Crippen LogP contribution in [0.3, 0.4) is 0 Å². The van der Waals surface area contributed by atoms with Crippen LogP contribution in [0.4, 0.5) is 0 Å². The summed E-state index contributed by atoms with van der Waals surface area (Å²) >= 11 is 0. The monoisotopic (exact) mass is 392 g/mol. The molecule has 0 heterocycles. The molecule has 0 amide bonds. The van der Waals surface area contributed by atoms with Gasteiger partial charge in [0, 0.05) is 32.5 Å². The molecule has 0 aliphatic rings. The highest BCUT2D eigenvalue weighted by molar-refractivity contribution is 5.62. The Labute approximate surface area is 179 Å². The maximum atomic E-state index is 4.04. The molecule has 0 fully saturated rings. The van der Waals surface area contributed by atoms with E-state index in [1.807, 2.05) is 26.0 Å². The van der Waals surface area contributed by atoms with E-state index in [-0.39, 0.29) is 10.8 Å². The van der Waals surface area contributed by atoms with Gasteiger partial charge in [0.05, 0.1) is 0 Å². The average molecular weight is 393 g/mol. The maximum Gasteiger partial charge on any atom is 0.0361 e. The van der Waals surface area contributed by atoms with Gasteiger partial charge in [-0.15, -0.1) is 0 Å². The van der Waals surface area contributed by atoms with E-state index in [0.29, 0.717) is 0 Å². The lowest BCUT2D eigenvalue weighted by Gasteiger charge is -2.21. The second-order valence-electron chi connectivity index (χ2n) is 9.72. The summed E-state index contributed by atoms with van der Waals surface area (Å²) in [5.74, 6) is 0. The summed E-state index contributed by atoms with van der Waals surface area (Å²) in [6.07, 6.45) is 0. The number of benzene rings is 2. The molecule has 2 heteroatoms. The largest absolute Gasteiger partial charge is 0.388 e. The van der Waals surface area contributed by atoms with Gasteiger partial charge in [-0.05, 0) is 33.1 Å². The molecule has 0 radical (unpaired) electrons. The van der Waals surface area contributed by atoms with Crippen molar-refractivity contribution in [1.82, 2.24) is 10.2 Å². The van der Waals surface area contributed by atoms with Gasteiger partial charge in [-0.25, -0.2) is 0 Å². The predicted molar refractivity (Wildman–Crippen MR) is 131 cm³/mol. The van der Waals surface area contributed by atoms with Gasteiger partial charge in [-0.2, -0.15) is 0 Å². The predicted octanol–water partition coefficient (Wildman–Crippen LogP) is 6.69. The van der Waals surface area contributed by atoms with Crippen LogP contribution in [0.2, 0.25) is 0 Å². The van der Waals surface area contributed by atoms with Crippen LogP contribution in [0.15, 0.2) is 61.7 Å². The molecular weight excluding hydrogens is 352 g/mol. The molecule has 0 saturated carbocycles. The van der Waals surface area contributed by atoms with Gasteiger partial charge >= 0.3 is 0 Å². The van der Waals surface area contributed by atoms with Crippen LogP contribution in [0.25, 0.3) is 11.4 Å². The van der Waals surface area contributed by atoms with Crippen LogP contribution in [-0.4, -0.2) is 26.0 Å². The highest BCUT2D eigenvalue weighted by atomic mass is 15.1. The van der Waals surface area contributed by atoms with E-state index in [1.54, 1.807) is 0 Å². The summed E-state index contributed by atoms with van der Waals surface area (Å²) in [5.41, 5.74) is 7.51. The fourth-order valence-electron chi connectivity index (χ4n) is 2.74. The molecule has 0 spiro atoms. The summed E-state index contributed by atoms with van der Waals surface area (Å²) in [7, 11) is 5.92. The second-order valence-corrected chi connectivity index (χ2v) is 9.72. The lowest BCUT2D eigenvalue weighted by molar-refractivity contribution is 0.587. The Bertz CT molecular complexity index is 796. The fourth-order valence-corrected chi connectivity index (χ4v) is 2.74. The summed E-state index contributed by atoms with van der Waals surface area (Å²) < 4.78 is 0. The quantitative estimate of drug-likeness (QED) is 0.623. The molecule has 0 aromatic heterocycles. The third kappa shape index (κ3) is 7.45. The Hall–Kier alpha value is -2.48. The Balaban J connectivity index is 0.000000291. The van der Waals surface area contributed by atoms with Crippen molar-refractivity contribution < 1.29 is 0 Å². The first-order chi connectivity index (χ1) is 13.3. The third-order valence-electron chi connectivity index (χ3n) is 5.03. The molecule has 0 saturated heterocycles. The standard InChI is InChI=1S/C14H21N.C13H19N/c1-11(15(5)6)12-7-9-13(10-8-12)14(2,3)4;1-10(14-5)11-6-8-12(9-7-11)13(2,3)4/h7-10H,1H2,2-6H3;6-9,14H,1H2,2-5H3. The van der Waals surface area contributed by atoms with Crippen molar-refractivity contribution in [1.29, 1.82) is 0 Å². The van der Waals surface area contributed by atoms with Crippen LogP contribution < -0.4 is 5.32 Å². The summed E-state index contributed by atoms with van der Waals surface area (Å²) in [4.78, 5) is 2.03. The number of rotatable bonds is 4. The van der Waals surface area contributed by atoms with E-state index < -0.39 is 0 Å². The first-order valence-corrected chi connectivity index (χ1v) is 10.2. The number of nitrogens with zero attached hydrogens (tertiary/aromatic N) is 1. The first kappa shape index (κ1) is 24.6. The SMILES string of the molecule is C=C(NC)c1ccc(C(C)(C)C)cc1.C=C(c1ccc(C(C)(C)C)cc1)N(C)C. The van der Waals surface area contributed by atoms with Gasteiger partial charge < -0.3 is 10.2 Å². The maximum absolute atomic E-state index is 4.04. The van der Waals surface area contributed by atoms with E-state index in [1.165, 1.54) is 16.7 Å². The Morgan fingerprint density at radius 3 is 1.31 bits per heavy atom. The molecule has 158 valence electrons. The Kier molecular flexibility index (Phi) is 8.32. The molecule has 29 heavy (non-hydrogen) atoms. The van der Waals surface area contributed by atoms with Crippen molar-refractivity contribution in [3.8, 4) is 0 Å². The highest BCUT2D eigenvalue weighted by Gasteiger charge is 2.14. The number of hydrogen-bond acceptors (Lipinski definition) is 2. The van der Waals surface area contributed by atoms with E-state index in [2.05, 4.69) is 109 Å². The minimum Gasteiger partial charge on any atom is -0.388 e. The van der Waals surface area contributed by atoms with Gasteiger partial charge in [-0.1, -0.05) is 103 Å². The van der Waals surface area contributed by atoms with Crippen LogP contribution in [0.5, 0.6) is 0 Å². The van der Waals surface area contributed by atoms with Gasteiger partial charge in [0.2, 0.25) is 0 Å². The van der Waals surface area contributed by atoms with Crippen molar-refractivity contribution in [2.45, 2.75) is 52.4 Å². The topological polar surface area (TPSA) is 15.3 Å². The van der Waals surface area contributed by atoms with E-state index in [4.69, 9.17) is 0 Å². The van der Waals surface area contributed by atoms with Crippen molar-refractivity contribution in [3.05, 3.63) is 83.9 Å². The smallest absolute Gasteiger partial charge is 0.0361 e. The molecule has 0 unspecified atom stereocenters. The van der Waals surface area contributed by atoms with Crippen molar-refractivity contribution in [2.75, 3.05) is 21.1 Å². The third-order valence-corrected chi connectivity index (χ3v) is 5.03. The summed E-state index contributed by atoms with van der Waals surface area (Å²) in [6, 6.07) is 17.2.